The molecule has 4 nitrogen and oxygen atoms in total. The molecule has 0 atom stereocenters. The summed E-state index contributed by atoms with van der Waals surface area (Å²) >= 11 is 0. The van der Waals surface area contributed by atoms with Crippen LogP contribution in [0.3, 0.4) is 0 Å². The van der Waals surface area contributed by atoms with Crippen molar-refractivity contribution in [1.82, 2.24) is 0 Å². The van der Waals surface area contributed by atoms with Crippen LogP contribution in [-0.4, -0.2) is 31.3 Å². The number of amides is 1. The van der Waals surface area contributed by atoms with Crippen molar-refractivity contribution in [3.8, 4) is 0 Å². The third-order valence-corrected chi connectivity index (χ3v) is 4.56. The first-order valence-corrected chi connectivity index (χ1v) is 7.38. The number of carbonyl (C=O) groups excluding carboxylic acids is 2. The summed E-state index contributed by atoms with van der Waals surface area (Å²) in [5, 5.41) is 0. The fraction of sp³-hybridized carbons (Fsp3) is 0.500. The molecule has 1 aliphatic heterocycles. The van der Waals surface area contributed by atoms with Gasteiger partial charge < -0.3 is 9.80 Å². The van der Waals surface area contributed by atoms with Crippen molar-refractivity contribution in [3.05, 3.63) is 23.8 Å². The van der Waals surface area contributed by atoms with E-state index in [-0.39, 0.29) is 5.78 Å². The molecule has 2 aliphatic carbocycles. The third kappa shape index (κ3) is 1.82. The predicted molar refractivity (Wildman–Crippen MR) is 77.3 cm³/mol. The van der Waals surface area contributed by atoms with E-state index in [0.717, 1.165) is 23.8 Å². The van der Waals surface area contributed by atoms with Crippen molar-refractivity contribution in [1.29, 1.82) is 0 Å². The Morgan fingerprint density at radius 1 is 1.20 bits per heavy atom. The minimum Gasteiger partial charge on any atom is -0.368 e. The van der Waals surface area contributed by atoms with E-state index in [1.54, 1.807) is 7.05 Å². The highest BCUT2D eigenvalue weighted by Gasteiger charge is 2.37. The maximum Gasteiger partial charge on any atom is 0.299 e. The van der Waals surface area contributed by atoms with Crippen molar-refractivity contribution in [2.45, 2.75) is 31.7 Å². The summed E-state index contributed by atoms with van der Waals surface area (Å²) in [6.45, 7) is 1.12. The molecule has 104 valence electrons. The molecule has 0 spiro atoms. The number of benzene rings is 1. The first kappa shape index (κ1) is 11.9. The van der Waals surface area contributed by atoms with Crippen LogP contribution in [0.15, 0.2) is 18.2 Å². The Hall–Kier alpha value is -1.84. The van der Waals surface area contributed by atoms with Crippen LogP contribution in [0.25, 0.3) is 0 Å². The van der Waals surface area contributed by atoms with E-state index in [1.165, 1.54) is 30.6 Å². The molecule has 0 saturated heterocycles. The molecule has 3 aliphatic rings. The van der Waals surface area contributed by atoms with Gasteiger partial charge in [-0.05, 0) is 49.8 Å². The second-order valence-electron chi connectivity index (χ2n) is 6.22. The van der Waals surface area contributed by atoms with Gasteiger partial charge in [-0.2, -0.15) is 0 Å². The van der Waals surface area contributed by atoms with Gasteiger partial charge in [0.05, 0.1) is 11.3 Å². The van der Waals surface area contributed by atoms with Gasteiger partial charge in [-0.3, -0.25) is 9.59 Å². The molecule has 0 aromatic heterocycles. The zero-order valence-corrected chi connectivity index (χ0v) is 11.6. The number of rotatable bonds is 4. The number of Topliss-reactive ketones (excluding diaryl/α,β-unsaturated/α-hetero) is 1. The Kier molecular flexibility index (Phi) is 2.43. The van der Waals surface area contributed by atoms with Crippen LogP contribution in [0.1, 0.15) is 36.0 Å². The minimum atomic E-state index is -0.419. The average Bonchev–Trinajstić information content (AvgIpc) is 3.34. The van der Waals surface area contributed by atoms with Gasteiger partial charge in [0.25, 0.3) is 11.7 Å². The second-order valence-corrected chi connectivity index (χ2v) is 6.22. The van der Waals surface area contributed by atoms with Crippen LogP contribution in [0, 0.1) is 5.92 Å². The maximum absolute atomic E-state index is 11.8. The maximum atomic E-state index is 11.8. The van der Waals surface area contributed by atoms with Crippen LogP contribution in [-0.2, 0) is 4.79 Å². The van der Waals surface area contributed by atoms with Crippen molar-refractivity contribution >= 4 is 23.1 Å². The molecule has 0 N–H and O–H groups in total. The largest absolute Gasteiger partial charge is 0.368 e. The fourth-order valence-electron chi connectivity index (χ4n) is 2.98. The first-order valence-electron chi connectivity index (χ1n) is 7.38. The fourth-order valence-corrected chi connectivity index (χ4v) is 2.98. The quantitative estimate of drug-likeness (QED) is 0.788. The summed E-state index contributed by atoms with van der Waals surface area (Å²) in [5.74, 6) is 0.0383. The Labute approximate surface area is 118 Å². The zero-order chi connectivity index (χ0) is 13.9. The Morgan fingerprint density at radius 3 is 2.60 bits per heavy atom. The van der Waals surface area contributed by atoms with Gasteiger partial charge in [-0.1, -0.05) is 0 Å². The molecular weight excluding hydrogens is 252 g/mol. The van der Waals surface area contributed by atoms with Crippen LogP contribution < -0.4 is 9.80 Å². The Morgan fingerprint density at radius 2 is 1.95 bits per heavy atom. The van der Waals surface area contributed by atoms with Crippen molar-refractivity contribution in [2.24, 2.45) is 5.92 Å². The molecule has 1 aromatic rings. The summed E-state index contributed by atoms with van der Waals surface area (Å²) in [6.07, 6.45) is 5.20. The van der Waals surface area contributed by atoms with Gasteiger partial charge in [0.1, 0.15) is 0 Å². The summed E-state index contributed by atoms with van der Waals surface area (Å²) in [7, 11) is 1.68. The van der Waals surface area contributed by atoms with Gasteiger partial charge >= 0.3 is 0 Å². The number of carbonyl (C=O) groups is 2. The average molecular weight is 270 g/mol. The topological polar surface area (TPSA) is 40.6 Å². The lowest BCUT2D eigenvalue weighted by Crippen LogP contribution is -2.28. The van der Waals surface area contributed by atoms with E-state index >= 15 is 0 Å². The van der Waals surface area contributed by atoms with Gasteiger partial charge in [-0.25, -0.2) is 0 Å². The number of hydrogen-bond donors (Lipinski definition) is 0. The highest BCUT2D eigenvalue weighted by molar-refractivity contribution is 6.52. The molecular formula is C16H18N2O2. The van der Waals surface area contributed by atoms with E-state index in [1.807, 2.05) is 18.2 Å². The number of fused-ring (bicyclic) bond motifs is 1. The van der Waals surface area contributed by atoms with Crippen LogP contribution in [0.5, 0.6) is 0 Å². The van der Waals surface area contributed by atoms with Gasteiger partial charge in [0.15, 0.2) is 0 Å². The number of nitrogens with zero attached hydrogens (tertiary/aromatic N) is 2. The standard InChI is InChI=1S/C16H18N2O2/c1-17-14-8-12(6-7-13(14)15(19)16(17)20)18(11-4-5-11)9-10-2-3-10/h6-8,10-11H,2-5,9H2,1H3. The predicted octanol–water partition coefficient (Wildman–Crippen LogP) is 2.22. The third-order valence-electron chi connectivity index (χ3n) is 4.56. The molecule has 1 amide bonds. The summed E-state index contributed by atoms with van der Waals surface area (Å²) in [5.41, 5.74) is 2.47. The van der Waals surface area contributed by atoms with E-state index in [9.17, 15) is 9.59 Å². The van der Waals surface area contributed by atoms with Crippen LogP contribution in [0.2, 0.25) is 0 Å². The van der Waals surface area contributed by atoms with E-state index < -0.39 is 5.91 Å². The number of hydrogen-bond acceptors (Lipinski definition) is 3. The summed E-state index contributed by atoms with van der Waals surface area (Å²) < 4.78 is 0. The monoisotopic (exact) mass is 270 g/mol. The van der Waals surface area contributed by atoms with E-state index in [0.29, 0.717) is 11.6 Å². The lowest BCUT2D eigenvalue weighted by atomic mass is 10.1. The Bertz CT molecular complexity index is 602. The molecule has 1 heterocycles. The van der Waals surface area contributed by atoms with E-state index in [2.05, 4.69) is 4.90 Å². The molecule has 4 heteroatoms. The van der Waals surface area contributed by atoms with Crippen LogP contribution in [0.4, 0.5) is 11.4 Å². The number of likely N-dealkylation sites (N-methyl/N-ethyl adjacent to an activating group) is 1. The van der Waals surface area contributed by atoms with Crippen molar-refractivity contribution in [3.63, 3.8) is 0 Å². The molecule has 2 saturated carbocycles. The highest BCUT2D eigenvalue weighted by Crippen LogP contribution is 2.40. The molecule has 2 fully saturated rings. The molecule has 4 rings (SSSR count). The van der Waals surface area contributed by atoms with Crippen molar-refractivity contribution in [2.75, 3.05) is 23.4 Å². The molecule has 0 radical (unpaired) electrons. The van der Waals surface area contributed by atoms with E-state index in [4.69, 9.17) is 0 Å². The lowest BCUT2D eigenvalue weighted by molar-refractivity contribution is -0.114. The molecule has 20 heavy (non-hydrogen) atoms. The van der Waals surface area contributed by atoms with Gasteiger partial charge in [0.2, 0.25) is 0 Å². The zero-order valence-electron chi connectivity index (χ0n) is 11.6. The van der Waals surface area contributed by atoms with Crippen molar-refractivity contribution < 1.29 is 9.59 Å². The lowest BCUT2D eigenvalue weighted by Gasteiger charge is -2.25. The molecule has 0 unspecified atom stereocenters. The first-order chi connectivity index (χ1) is 9.65. The minimum absolute atomic E-state index is 0.380. The highest BCUT2D eigenvalue weighted by atomic mass is 16.2. The van der Waals surface area contributed by atoms with Gasteiger partial charge in [0, 0.05) is 25.3 Å². The summed E-state index contributed by atoms with van der Waals surface area (Å²) in [6, 6.07) is 6.49. The van der Waals surface area contributed by atoms with Gasteiger partial charge in [-0.15, -0.1) is 0 Å². The SMILES string of the molecule is CN1C(=O)C(=O)c2ccc(N(CC3CC3)C3CC3)cc21. The summed E-state index contributed by atoms with van der Waals surface area (Å²) in [4.78, 5) is 27.5. The Balaban J connectivity index is 1.69. The number of anilines is 2. The normalized spacial score (nSPS) is 21.4. The molecule has 0 bridgehead atoms. The second kappa shape index (κ2) is 4.08. The molecule has 1 aromatic carbocycles. The smallest absolute Gasteiger partial charge is 0.299 e. The van der Waals surface area contributed by atoms with Crippen LogP contribution >= 0.6 is 0 Å². The number of ketones is 1.